The Balaban J connectivity index is 1.14. The van der Waals surface area contributed by atoms with Gasteiger partial charge in [-0.3, -0.25) is 14.7 Å². The van der Waals surface area contributed by atoms with Crippen LogP contribution in [0.3, 0.4) is 0 Å². The Labute approximate surface area is 190 Å². The van der Waals surface area contributed by atoms with Gasteiger partial charge in [-0.15, -0.1) is 11.3 Å². The van der Waals surface area contributed by atoms with Gasteiger partial charge in [0.15, 0.2) is 0 Å². The smallest absolute Gasteiger partial charge is 0.254 e. The number of amides is 1. The number of carbonyl (C=O) groups excluding carboxylic acids is 1. The van der Waals surface area contributed by atoms with Crippen LogP contribution in [0.5, 0.6) is 0 Å². The Morgan fingerprint density at radius 3 is 2.75 bits per heavy atom. The maximum atomic E-state index is 13.2. The summed E-state index contributed by atoms with van der Waals surface area (Å²) in [5, 5.41) is 7.00. The number of piperazine rings is 1. The predicted octanol–water partition coefficient (Wildman–Crippen LogP) is 4.05. The van der Waals surface area contributed by atoms with Crippen LogP contribution in [0, 0.1) is 6.92 Å². The highest BCUT2D eigenvalue weighted by molar-refractivity contribution is 7.13. The number of nitrogens with zero attached hydrogens (tertiary/aromatic N) is 5. The Bertz CT molecular complexity index is 1210. The van der Waals surface area contributed by atoms with Crippen LogP contribution in [0.1, 0.15) is 28.4 Å². The van der Waals surface area contributed by atoms with Crippen LogP contribution >= 0.6 is 11.3 Å². The molecule has 1 amide bonds. The number of para-hydroxylation sites is 1. The van der Waals surface area contributed by atoms with E-state index >= 15 is 0 Å². The first-order valence-electron chi connectivity index (χ1n) is 10.9. The van der Waals surface area contributed by atoms with Gasteiger partial charge in [0, 0.05) is 43.7 Å². The summed E-state index contributed by atoms with van der Waals surface area (Å²) in [5.41, 5.74) is 2.49. The lowest BCUT2D eigenvalue weighted by Crippen LogP contribution is -2.49. The molecular formula is C24H25N5O2S. The molecule has 4 heterocycles. The van der Waals surface area contributed by atoms with E-state index in [-0.39, 0.29) is 5.91 Å². The van der Waals surface area contributed by atoms with E-state index in [1.807, 2.05) is 59.7 Å². The molecule has 1 aliphatic heterocycles. The lowest BCUT2D eigenvalue weighted by molar-refractivity contribution is 0.0637. The number of hydrogen-bond donors (Lipinski definition) is 0. The maximum absolute atomic E-state index is 13.2. The molecule has 0 saturated carbocycles. The maximum Gasteiger partial charge on any atom is 0.254 e. The molecule has 1 aliphatic rings. The van der Waals surface area contributed by atoms with Gasteiger partial charge in [-0.2, -0.15) is 4.98 Å². The van der Waals surface area contributed by atoms with Crippen molar-refractivity contribution < 1.29 is 9.32 Å². The molecule has 164 valence electrons. The van der Waals surface area contributed by atoms with Gasteiger partial charge < -0.3 is 9.42 Å². The van der Waals surface area contributed by atoms with Gasteiger partial charge in [-0.1, -0.05) is 29.4 Å². The van der Waals surface area contributed by atoms with E-state index in [0.29, 0.717) is 11.7 Å². The topological polar surface area (TPSA) is 75.4 Å². The molecule has 0 unspecified atom stereocenters. The largest absolute Gasteiger partial charge is 0.339 e. The van der Waals surface area contributed by atoms with Crippen molar-refractivity contribution in [2.75, 3.05) is 32.7 Å². The van der Waals surface area contributed by atoms with E-state index in [1.165, 1.54) is 0 Å². The summed E-state index contributed by atoms with van der Waals surface area (Å²) in [6.07, 6.45) is 1.72. The molecule has 4 aromatic rings. The molecule has 0 bridgehead atoms. The fourth-order valence-corrected chi connectivity index (χ4v) is 4.80. The standard InChI is InChI=1S/C24H25N5O2S/c1-17-16-19(18-6-2-3-7-20(18)25-17)24(30)29-13-11-28(12-14-29)10-4-9-22-26-23(27-31-22)21-8-5-15-32-21/h2-3,5-8,15-16H,4,9-14H2,1H3. The van der Waals surface area contributed by atoms with Crippen molar-refractivity contribution in [3.05, 3.63) is 65.0 Å². The number of benzene rings is 1. The van der Waals surface area contributed by atoms with E-state index in [1.54, 1.807) is 11.3 Å². The second-order valence-corrected chi connectivity index (χ2v) is 9.00. The second-order valence-electron chi connectivity index (χ2n) is 8.05. The fourth-order valence-electron chi connectivity index (χ4n) is 4.15. The minimum absolute atomic E-state index is 0.0957. The highest BCUT2D eigenvalue weighted by Gasteiger charge is 2.24. The molecule has 1 saturated heterocycles. The van der Waals surface area contributed by atoms with E-state index in [9.17, 15) is 4.79 Å². The van der Waals surface area contributed by atoms with Crippen molar-refractivity contribution in [3.8, 4) is 10.7 Å². The molecule has 1 aromatic carbocycles. The summed E-state index contributed by atoms with van der Waals surface area (Å²) >= 11 is 1.61. The fraction of sp³-hybridized carbons (Fsp3) is 0.333. The van der Waals surface area contributed by atoms with Crippen LogP contribution < -0.4 is 0 Å². The average molecular weight is 448 g/mol. The third-order valence-electron chi connectivity index (χ3n) is 5.81. The van der Waals surface area contributed by atoms with Gasteiger partial charge in [0.05, 0.1) is 16.0 Å². The van der Waals surface area contributed by atoms with Gasteiger partial charge in [0.2, 0.25) is 11.7 Å². The minimum atomic E-state index is 0.0957. The normalized spacial score (nSPS) is 14.8. The number of aryl methyl sites for hydroxylation is 2. The molecule has 32 heavy (non-hydrogen) atoms. The van der Waals surface area contributed by atoms with Crippen molar-refractivity contribution in [3.63, 3.8) is 0 Å². The quantitative estimate of drug-likeness (QED) is 0.444. The van der Waals surface area contributed by atoms with Gasteiger partial charge in [-0.25, -0.2) is 0 Å². The summed E-state index contributed by atoms with van der Waals surface area (Å²) in [5.74, 6) is 1.45. The lowest BCUT2D eigenvalue weighted by atomic mass is 10.1. The number of thiophene rings is 1. The van der Waals surface area contributed by atoms with Crippen LogP contribution in [0.25, 0.3) is 21.6 Å². The molecule has 0 spiro atoms. The molecule has 0 N–H and O–H groups in total. The summed E-state index contributed by atoms with van der Waals surface area (Å²) < 4.78 is 5.39. The zero-order valence-electron chi connectivity index (χ0n) is 18.0. The minimum Gasteiger partial charge on any atom is -0.339 e. The van der Waals surface area contributed by atoms with Gasteiger partial charge in [-0.05, 0) is 43.5 Å². The molecular weight excluding hydrogens is 422 g/mol. The van der Waals surface area contributed by atoms with Gasteiger partial charge >= 0.3 is 0 Å². The van der Waals surface area contributed by atoms with Crippen molar-refractivity contribution in [1.29, 1.82) is 0 Å². The van der Waals surface area contributed by atoms with Gasteiger partial charge in [0.1, 0.15) is 0 Å². The molecule has 5 rings (SSSR count). The Kier molecular flexibility index (Phi) is 5.96. The summed E-state index contributed by atoms with van der Waals surface area (Å²) in [4.78, 5) is 27.7. The SMILES string of the molecule is Cc1cc(C(=O)N2CCN(CCCc3nc(-c4cccs4)no3)CC2)c2ccccc2n1. The first-order chi connectivity index (χ1) is 15.7. The lowest BCUT2D eigenvalue weighted by Gasteiger charge is -2.35. The number of hydrogen-bond acceptors (Lipinski definition) is 7. The van der Waals surface area contributed by atoms with Crippen LogP contribution in [-0.4, -0.2) is 63.6 Å². The van der Waals surface area contributed by atoms with Crippen molar-refractivity contribution in [1.82, 2.24) is 24.9 Å². The zero-order valence-corrected chi connectivity index (χ0v) is 18.8. The summed E-state index contributed by atoms with van der Waals surface area (Å²) in [6.45, 7) is 6.11. The Morgan fingerprint density at radius 1 is 1.09 bits per heavy atom. The number of aromatic nitrogens is 3. The van der Waals surface area contributed by atoms with E-state index in [0.717, 1.165) is 72.6 Å². The third kappa shape index (κ3) is 4.42. The van der Waals surface area contributed by atoms with Crippen LogP contribution in [0.15, 0.2) is 52.4 Å². The number of rotatable bonds is 6. The second kappa shape index (κ2) is 9.18. The van der Waals surface area contributed by atoms with Gasteiger partial charge in [0.25, 0.3) is 5.91 Å². The number of pyridine rings is 1. The first kappa shape index (κ1) is 20.8. The zero-order chi connectivity index (χ0) is 21.9. The van der Waals surface area contributed by atoms with Crippen LogP contribution in [0.2, 0.25) is 0 Å². The molecule has 0 radical (unpaired) electrons. The first-order valence-corrected chi connectivity index (χ1v) is 11.8. The highest BCUT2D eigenvalue weighted by Crippen LogP contribution is 2.22. The Morgan fingerprint density at radius 2 is 1.94 bits per heavy atom. The molecule has 0 atom stereocenters. The molecule has 7 nitrogen and oxygen atoms in total. The van der Waals surface area contributed by atoms with Crippen LogP contribution in [0.4, 0.5) is 0 Å². The third-order valence-corrected chi connectivity index (χ3v) is 6.67. The van der Waals surface area contributed by atoms with E-state index < -0.39 is 0 Å². The molecule has 3 aromatic heterocycles. The van der Waals surface area contributed by atoms with E-state index in [2.05, 4.69) is 20.0 Å². The van der Waals surface area contributed by atoms with Crippen molar-refractivity contribution in [2.45, 2.75) is 19.8 Å². The monoisotopic (exact) mass is 447 g/mol. The summed E-state index contributed by atoms with van der Waals surface area (Å²) in [7, 11) is 0. The summed E-state index contributed by atoms with van der Waals surface area (Å²) in [6, 6.07) is 13.7. The molecule has 8 heteroatoms. The molecule has 1 fully saturated rings. The average Bonchev–Trinajstić information content (AvgIpc) is 3.51. The van der Waals surface area contributed by atoms with Crippen LogP contribution in [-0.2, 0) is 6.42 Å². The number of fused-ring (bicyclic) bond motifs is 1. The molecule has 0 aliphatic carbocycles. The highest BCUT2D eigenvalue weighted by atomic mass is 32.1. The number of carbonyl (C=O) groups is 1. The van der Waals surface area contributed by atoms with E-state index in [4.69, 9.17) is 4.52 Å². The van der Waals surface area contributed by atoms with Crippen molar-refractivity contribution >= 4 is 28.1 Å². The van der Waals surface area contributed by atoms with Crippen molar-refractivity contribution in [2.24, 2.45) is 0 Å². The predicted molar refractivity (Wildman–Crippen MR) is 125 cm³/mol. The Hall–Kier alpha value is -3.10.